The topological polar surface area (TPSA) is 63.3 Å². The molecule has 3 N–H and O–H groups in total. The minimum atomic E-state index is -0.708. The monoisotopic (exact) mass is 121 g/mol. The van der Waals surface area contributed by atoms with E-state index in [1.807, 2.05) is 0 Å². The number of rotatable bonds is 2. The van der Waals surface area contributed by atoms with E-state index in [0.29, 0.717) is 0 Å². The van der Waals surface area contributed by atoms with Crippen molar-refractivity contribution in [3.8, 4) is 0 Å². The summed E-state index contributed by atoms with van der Waals surface area (Å²) in [5.41, 5.74) is 4.67. The third kappa shape index (κ3) is 2.47. The van der Waals surface area contributed by atoms with Crippen molar-refractivity contribution in [1.82, 2.24) is 0 Å². The molecule has 0 aliphatic heterocycles. The molecule has 4 heteroatoms. The van der Waals surface area contributed by atoms with Crippen molar-refractivity contribution in [3.05, 3.63) is 0 Å². The lowest BCUT2D eigenvalue weighted by Gasteiger charge is -1.96. The van der Waals surface area contributed by atoms with E-state index in [4.69, 9.17) is 5.11 Å². The molecule has 0 spiro atoms. The molecule has 0 aromatic rings. The van der Waals surface area contributed by atoms with Gasteiger partial charge in [0.15, 0.2) is 0 Å². The number of thiol groups is 1. The van der Waals surface area contributed by atoms with Crippen LogP contribution in [0.25, 0.3) is 0 Å². The van der Waals surface area contributed by atoms with Gasteiger partial charge in [-0.25, -0.2) is 0 Å². The average molecular weight is 121 g/mol. The molecule has 0 radical (unpaired) electrons. The van der Waals surface area contributed by atoms with Crippen molar-refractivity contribution in [2.75, 3.05) is 6.61 Å². The summed E-state index contributed by atoms with van der Waals surface area (Å²) in [7, 11) is 0. The predicted octanol–water partition coefficient (Wildman–Crippen LogP) is -1.24. The number of carbonyl (C=O) groups is 1. The second kappa shape index (κ2) is 2.87. The van der Waals surface area contributed by atoms with Crippen LogP contribution < -0.4 is 5.73 Å². The highest BCUT2D eigenvalue weighted by atomic mass is 32.1. The predicted molar refractivity (Wildman–Crippen MR) is 29.1 cm³/mol. The average Bonchev–Trinajstić information content (AvgIpc) is 1.65. The van der Waals surface area contributed by atoms with Gasteiger partial charge in [0.05, 0.1) is 6.61 Å². The van der Waals surface area contributed by atoms with E-state index in [0.717, 1.165) is 0 Å². The largest absolute Gasteiger partial charge is 0.395 e. The normalized spacial score (nSPS) is 13.4. The molecule has 0 bridgehead atoms. The molecule has 7 heavy (non-hydrogen) atoms. The molecule has 0 aliphatic carbocycles. The van der Waals surface area contributed by atoms with Crippen LogP contribution in [-0.2, 0) is 4.79 Å². The number of amides is 1. The van der Waals surface area contributed by atoms with Crippen LogP contribution in [0.15, 0.2) is 0 Å². The van der Waals surface area contributed by atoms with E-state index >= 15 is 0 Å². The smallest absolute Gasteiger partial charge is 0.232 e. The molecular weight excluding hydrogens is 114 g/mol. The summed E-state index contributed by atoms with van der Waals surface area (Å²) in [6.45, 7) is -0.293. The molecule has 42 valence electrons. The number of aliphatic hydroxyl groups is 1. The molecule has 0 heterocycles. The third-order valence-corrected chi connectivity index (χ3v) is 0.919. The number of primary amides is 1. The highest BCUT2D eigenvalue weighted by Gasteiger charge is 2.04. The summed E-state index contributed by atoms with van der Waals surface area (Å²) in [4.78, 5) is 9.92. The Kier molecular flexibility index (Phi) is 2.78. The van der Waals surface area contributed by atoms with Gasteiger partial charge in [0.25, 0.3) is 0 Å². The van der Waals surface area contributed by atoms with Crippen LogP contribution in [0, 0.1) is 0 Å². The number of nitrogens with two attached hydrogens (primary N) is 1. The van der Waals surface area contributed by atoms with Crippen molar-refractivity contribution in [3.63, 3.8) is 0 Å². The van der Waals surface area contributed by atoms with Gasteiger partial charge in [0.2, 0.25) is 5.91 Å². The van der Waals surface area contributed by atoms with Crippen LogP contribution in [0.4, 0.5) is 0 Å². The third-order valence-electron chi connectivity index (χ3n) is 0.501. The molecule has 1 unspecified atom stereocenters. The Hall–Kier alpha value is -0.220. The lowest BCUT2D eigenvalue weighted by atomic mass is 10.4. The molecule has 0 aliphatic rings. The van der Waals surface area contributed by atoms with Gasteiger partial charge in [0.1, 0.15) is 5.25 Å². The highest BCUT2D eigenvalue weighted by molar-refractivity contribution is 7.81. The van der Waals surface area contributed by atoms with Crippen molar-refractivity contribution < 1.29 is 9.90 Å². The fourth-order valence-electron chi connectivity index (χ4n) is 0.0900. The molecule has 0 aromatic carbocycles. The molecule has 0 saturated heterocycles. The zero-order chi connectivity index (χ0) is 5.86. The van der Waals surface area contributed by atoms with Crippen LogP contribution in [0.2, 0.25) is 0 Å². The first-order valence-corrected chi connectivity index (χ1v) is 2.28. The van der Waals surface area contributed by atoms with Gasteiger partial charge in [-0.05, 0) is 0 Å². The van der Waals surface area contributed by atoms with Crippen LogP contribution >= 0.6 is 12.6 Å². The quantitative estimate of drug-likeness (QED) is 0.400. The number of hydrogen-bond acceptors (Lipinski definition) is 3. The minimum absolute atomic E-state index is 0.293. The van der Waals surface area contributed by atoms with Gasteiger partial charge in [-0.1, -0.05) is 0 Å². The van der Waals surface area contributed by atoms with Gasteiger partial charge in [-0.3, -0.25) is 4.79 Å². The summed E-state index contributed by atoms with van der Waals surface area (Å²) in [6, 6.07) is 0. The summed E-state index contributed by atoms with van der Waals surface area (Å²) < 4.78 is 0. The first-order chi connectivity index (χ1) is 3.18. The Morgan fingerprint density at radius 1 is 2.00 bits per heavy atom. The molecule has 0 aromatic heterocycles. The van der Waals surface area contributed by atoms with E-state index in [9.17, 15) is 4.79 Å². The second-order valence-electron chi connectivity index (χ2n) is 1.10. The molecule has 0 saturated carbocycles. The first-order valence-electron chi connectivity index (χ1n) is 1.76. The van der Waals surface area contributed by atoms with E-state index in [-0.39, 0.29) is 6.61 Å². The maximum Gasteiger partial charge on any atom is 0.232 e. The summed E-state index contributed by atoms with van der Waals surface area (Å²) >= 11 is 3.60. The van der Waals surface area contributed by atoms with Gasteiger partial charge in [-0.2, -0.15) is 12.6 Å². The first kappa shape index (κ1) is 6.78. The standard InChI is InChI=1S/C3H7NO2S/c4-3(6)2(7)1-5/h2,5,7H,1H2,(H2,4,6). The van der Waals surface area contributed by atoms with Crippen LogP contribution in [0.3, 0.4) is 0 Å². The molecule has 0 rings (SSSR count). The van der Waals surface area contributed by atoms with Crippen LogP contribution in [0.1, 0.15) is 0 Å². The summed E-state index contributed by atoms with van der Waals surface area (Å²) in [5, 5.41) is 7.42. The Labute approximate surface area is 46.9 Å². The summed E-state index contributed by atoms with van der Waals surface area (Å²) in [6.07, 6.45) is 0. The van der Waals surface area contributed by atoms with Crippen LogP contribution in [-0.4, -0.2) is 22.9 Å². The maximum absolute atomic E-state index is 9.92. The van der Waals surface area contributed by atoms with E-state index in [2.05, 4.69) is 18.4 Å². The molecule has 3 nitrogen and oxygen atoms in total. The zero-order valence-electron chi connectivity index (χ0n) is 3.66. The fraction of sp³-hybridized carbons (Fsp3) is 0.667. The van der Waals surface area contributed by atoms with Crippen LogP contribution in [0.5, 0.6) is 0 Å². The fourth-order valence-corrected chi connectivity index (χ4v) is 0.0900. The van der Waals surface area contributed by atoms with Crippen molar-refractivity contribution >= 4 is 18.5 Å². The Bertz CT molecular complexity index is 75.3. The Balaban J connectivity index is 3.34. The summed E-state index contributed by atoms with van der Waals surface area (Å²) in [5.74, 6) is -0.592. The van der Waals surface area contributed by atoms with Crippen molar-refractivity contribution in [1.29, 1.82) is 0 Å². The van der Waals surface area contributed by atoms with E-state index in [1.54, 1.807) is 0 Å². The molecule has 0 fully saturated rings. The van der Waals surface area contributed by atoms with Gasteiger partial charge in [0, 0.05) is 0 Å². The maximum atomic E-state index is 9.92. The van der Waals surface area contributed by atoms with E-state index < -0.39 is 11.2 Å². The number of aliphatic hydroxyl groups excluding tert-OH is 1. The van der Waals surface area contributed by atoms with Crippen molar-refractivity contribution in [2.24, 2.45) is 5.73 Å². The van der Waals surface area contributed by atoms with Gasteiger partial charge < -0.3 is 10.8 Å². The number of hydrogen-bond donors (Lipinski definition) is 3. The van der Waals surface area contributed by atoms with E-state index in [1.165, 1.54) is 0 Å². The SMILES string of the molecule is NC(=O)C(S)CO. The lowest BCUT2D eigenvalue weighted by molar-refractivity contribution is -0.118. The second-order valence-corrected chi connectivity index (χ2v) is 1.72. The highest BCUT2D eigenvalue weighted by Crippen LogP contribution is 1.88. The lowest BCUT2D eigenvalue weighted by Crippen LogP contribution is -2.26. The molecule has 1 amide bonds. The zero-order valence-corrected chi connectivity index (χ0v) is 4.56. The van der Waals surface area contributed by atoms with Gasteiger partial charge >= 0.3 is 0 Å². The minimum Gasteiger partial charge on any atom is -0.395 e. The molecule has 1 atom stereocenters. The van der Waals surface area contributed by atoms with Crippen molar-refractivity contribution in [2.45, 2.75) is 5.25 Å². The van der Waals surface area contributed by atoms with Gasteiger partial charge in [-0.15, -0.1) is 0 Å². The Morgan fingerprint density at radius 2 is 2.43 bits per heavy atom. The number of carbonyl (C=O) groups excluding carboxylic acids is 1. The molecular formula is C3H7NO2S. The Morgan fingerprint density at radius 3 is 2.43 bits per heavy atom.